The van der Waals surface area contributed by atoms with E-state index in [1.165, 1.54) is 6.42 Å². The molecule has 0 unspecified atom stereocenters. The van der Waals surface area contributed by atoms with Crippen molar-refractivity contribution < 1.29 is 14.3 Å². The van der Waals surface area contributed by atoms with Gasteiger partial charge in [0.2, 0.25) is 5.91 Å². The lowest BCUT2D eigenvalue weighted by Crippen LogP contribution is -2.52. The van der Waals surface area contributed by atoms with Crippen LogP contribution in [0.15, 0.2) is 24.3 Å². The molecule has 2 fully saturated rings. The van der Waals surface area contributed by atoms with Gasteiger partial charge < -0.3 is 14.5 Å². The molecule has 1 aliphatic heterocycles. The molecule has 2 aliphatic rings. The maximum absolute atomic E-state index is 12.5. The largest absolute Gasteiger partial charge is 0.497 e. The van der Waals surface area contributed by atoms with E-state index in [2.05, 4.69) is 0 Å². The Morgan fingerprint density at radius 1 is 1.00 bits per heavy atom. The predicted octanol–water partition coefficient (Wildman–Crippen LogP) is 1.78. The molecule has 0 bridgehead atoms. The van der Waals surface area contributed by atoms with Gasteiger partial charge in [-0.2, -0.15) is 0 Å². The Kier molecular flexibility index (Phi) is 4.32. The van der Waals surface area contributed by atoms with Crippen LogP contribution in [0.3, 0.4) is 0 Å². The minimum atomic E-state index is 0.0263. The van der Waals surface area contributed by atoms with Crippen LogP contribution in [-0.4, -0.2) is 54.9 Å². The highest BCUT2D eigenvalue weighted by Gasteiger charge is 2.32. The molecule has 1 saturated heterocycles. The van der Waals surface area contributed by atoms with Crippen molar-refractivity contribution in [1.82, 2.24) is 9.80 Å². The standard InChI is InChI=1S/C17H22N2O3/c1-22-15-7-5-14(6-8-15)17(21)19-11-9-18(10-12-19)16(20)13-3-2-4-13/h5-8,13H,2-4,9-12H2,1H3. The molecule has 0 atom stereocenters. The van der Waals surface area contributed by atoms with E-state index in [9.17, 15) is 9.59 Å². The topological polar surface area (TPSA) is 49.9 Å². The van der Waals surface area contributed by atoms with Gasteiger partial charge in [0.1, 0.15) is 5.75 Å². The second-order valence-electron chi connectivity index (χ2n) is 5.97. The molecule has 0 N–H and O–H groups in total. The van der Waals surface area contributed by atoms with Gasteiger partial charge >= 0.3 is 0 Å². The van der Waals surface area contributed by atoms with Gasteiger partial charge in [0.05, 0.1) is 7.11 Å². The first kappa shape index (κ1) is 14.9. The highest BCUT2D eigenvalue weighted by Crippen LogP contribution is 2.28. The number of methoxy groups -OCH3 is 1. The number of carbonyl (C=O) groups is 2. The number of amides is 2. The lowest BCUT2D eigenvalue weighted by atomic mass is 9.84. The fraction of sp³-hybridized carbons (Fsp3) is 0.529. The Labute approximate surface area is 130 Å². The zero-order valence-electron chi connectivity index (χ0n) is 13.0. The fourth-order valence-electron chi connectivity index (χ4n) is 2.96. The van der Waals surface area contributed by atoms with Crippen LogP contribution < -0.4 is 4.74 Å². The Morgan fingerprint density at radius 2 is 1.59 bits per heavy atom. The molecule has 5 heteroatoms. The summed E-state index contributed by atoms with van der Waals surface area (Å²) in [6.45, 7) is 2.53. The molecule has 1 heterocycles. The molecule has 5 nitrogen and oxygen atoms in total. The zero-order chi connectivity index (χ0) is 15.5. The van der Waals surface area contributed by atoms with E-state index in [4.69, 9.17) is 4.74 Å². The Morgan fingerprint density at radius 3 is 2.09 bits per heavy atom. The van der Waals surface area contributed by atoms with Crippen molar-refractivity contribution in [2.24, 2.45) is 5.92 Å². The van der Waals surface area contributed by atoms with Crippen molar-refractivity contribution in [2.45, 2.75) is 19.3 Å². The molecule has 1 aliphatic carbocycles. The summed E-state index contributed by atoms with van der Waals surface area (Å²) in [5.41, 5.74) is 0.666. The van der Waals surface area contributed by atoms with Crippen LogP contribution >= 0.6 is 0 Å². The van der Waals surface area contributed by atoms with E-state index < -0.39 is 0 Å². The van der Waals surface area contributed by atoms with Crippen LogP contribution in [0, 0.1) is 5.92 Å². The first-order valence-corrected chi connectivity index (χ1v) is 7.91. The smallest absolute Gasteiger partial charge is 0.253 e. The lowest BCUT2D eigenvalue weighted by Gasteiger charge is -2.38. The lowest BCUT2D eigenvalue weighted by molar-refractivity contribution is -0.139. The minimum absolute atomic E-state index is 0.0263. The number of benzene rings is 1. The predicted molar refractivity (Wildman–Crippen MR) is 82.8 cm³/mol. The summed E-state index contributed by atoms with van der Waals surface area (Å²) in [5.74, 6) is 1.29. The molecular formula is C17H22N2O3. The first-order valence-electron chi connectivity index (χ1n) is 7.91. The van der Waals surface area contributed by atoms with Crippen LogP contribution in [0.4, 0.5) is 0 Å². The highest BCUT2D eigenvalue weighted by molar-refractivity contribution is 5.94. The number of ether oxygens (including phenoxy) is 1. The average Bonchev–Trinajstić information content (AvgIpc) is 2.53. The van der Waals surface area contributed by atoms with Gasteiger partial charge in [0.25, 0.3) is 5.91 Å². The van der Waals surface area contributed by atoms with E-state index in [0.717, 1.165) is 18.6 Å². The first-order chi connectivity index (χ1) is 10.7. The third-order valence-corrected chi connectivity index (χ3v) is 4.67. The number of rotatable bonds is 3. The fourth-order valence-corrected chi connectivity index (χ4v) is 2.96. The number of piperazine rings is 1. The molecule has 0 radical (unpaired) electrons. The van der Waals surface area contributed by atoms with Crippen molar-refractivity contribution in [3.63, 3.8) is 0 Å². The Bertz CT molecular complexity index is 544. The molecule has 1 saturated carbocycles. The molecule has 3 rings (SSSR count). The molecule has 0 aromatic heterocycles. The third kappa shape index (κ3) is 2.93. The summed E-state index contributed by atoms with van der Waals surface area (Å²) < 4.78 is 5.10. The average molecular weight is 302 g/mol. The molecule has 1 aromatic rings. The van der Waals surface area contributed by atoms with Gasteiger partial charge in [-0.1, -0.05) is 6.42 Å². The Balaban J connectivity index is 1.55. The van der Waals surface area contributed by atoms with E-state index in [-0.39, 0.29) is 17.7 Å². The third-order valence-electron chi connectivity index (χ3n) is 4.67. The van der Waals surface area contributed by atoms with Gasteiger partial charge in [-0.3, -0.25) is 9.59 Å². The SMILES string of the molecule is COc1ccc(C(=O)N2CCN(C(=O)C3CCC3)CC2)cc1. The maximum Gasteiger partial charge on any atom is 0.253 e. The van der Waals surface area contributed by atoms with Crippen molar-refractivity contribution in [3.8, 4) is 5.75 Å². The quantitative estimate of drug-likeness (QED) is 0.855. The normalized spacial score (nSPS) is 18.8. The molecule has 1 aromatic carbocycles. The van der Waals surface area contributed by atoms with E-state index >= 15 is 0 Å². The number of nitrogens with zero attached hydrogens (tertiary/aromatic N) is 2. The summed E-state index contributed by atoms with van der Waals surface area (Å²) in [5, 5.41) is 0. The summed E-state index contributed by atoms with van der Waals surface area (Å²) >= 11 is 0. The number of hydrogen-bond donors (Lipinski definition) is 0. The molecule has 2 amide bonds. The molecule has 22 heavy (non-hydrogen) atoms. The van der Waals surface area contributed by atoms with Crippen molar-refractivity contribution in [3.05, 3.63) is 29.8 Å². The molecular weight excluding hydrogens is 280 g/mol. The molecule has 118 valence electrons. The summed E-state index contributed by atoms with van der Waals surface area (Å²) in [7, 11) is 1.61. The summed E-state index contributed by atoms with van der Waals surface area (Å²) in [6, 6.07) is 7.16. The monoisotopic (exact) mass is 302 g/mol. The highest BCUT2D eigenvalue weighted by atomic mass is 16.5. The zero-order valence-corrected chi connectivity index (χ0v) is 13.0. The van der Waals surface area contributed by atoms with Crippen LogP contribution in [0.2, 0.25) is 0 Å². The summed E-state index contributed by atoms with van der Waals surface area (Å²) in [4.78, 5) is 28.4. The van der Waals surface area contributed by atoms with Crippen LogP contribution in [-0.2, 0) is 4.79 Å². The maximum atomic E-state index is 12.5. The second-order valence-corrected chi connectivity index (χ2v) is 5.97. The number of carbonyl (C=O) groups excluding carboxylic acids is 2. The van der Waals surface area contributed by atoms with E-state index in [0.29, 0.717) is 31.7 Å². The van der Waals surface area contributed by atoms with Gasteiger partial charge in [0, 0.05) is 37.7 Å². The van der Waals surface area contributed by atoms with Crippen LogP contribution in [0.1, 0.15) is 29.6 Å². The second kappa shape index (κ2) is 6.38. The van der Waals surface area contributed by atoms with Gasteiger partial charge in [-0.05, 0) is 37.1 Å². The molecule has 0 spiro atoms. The number of hydrogen-bond acceptors (Lipinski definition) is 3. The van der Waals surface area contributed by atoms with Gasteiger partial charge in [-0.15, -0.1) is 0 Å². The van der Waals surface area contributed by atoms with E-state index in [1.807, 2.05) is 9.80 Å². The van der Waals surface area contributed by atoms with Crippen molar-refractivity contribution in [2.75, 3.05) is 33.3 Å². The van der Waals surface area contributed by atoms with Crippen LogP contribution in [0.5, 0.6) is 5.75 Å². The van der Waals surface area contributed by atoms with E-state index in [1.54, 1.807) is 31.4 Å². The van der Waals surface area contributed by atoms with Gasteiger partial charge in [0.15, 0.2) is 0 Å². The van der Waals surface area contributed by atoms with Gasteiger partial charge in [-0.25, -0.2) is 0 Å². The summed E-state index contributed by atoms with van der Waals surface area (Å²) in [6.07, 6.45) is 3.24. The minimum Gasteiger partial charge on any atom is -0.497 e. The van der Waals surface area contributed by atoms with Crippen molar-refractivity contribution >= 4 is 11.8 Å². The van der Waals surface area contributed by atoms with Crippen LogP contribution in [0.25, 0.3) is 0 Å². The van der Waals surface area contributed by atoms with Crippen molar-refractivity contribution in [1.29, 1.82) is 0 Å². The Hall–Kier alpha value is -2.04.